The number of amides is 2. The Balaban J connectivity index is 1.70. The van der Waals surface area contributed by atoms with Crippen LogP contribution < -0.4 is 10.6 Å². The van der Waals surface area contributed by atoms with Crippen molar-refractivity contribution in [3.8, 4) is 0 Å². The van der Waals surface area contributed by atoms with Crippen LogP contribution in [-0.4, -0.2) is 31.8 Å². The van der Waals surface area contributed by atoms with Crippen molar-refractivity contribution < 1.29 is 9.53 Å². The Bertz CT molecular complexity index is 293. The van der Waals surface area contributed by atoms with Crippen molar-refractivity contribution in [1.82, 2.24) is 10.6 Å². The molecule has 1 saturated carbocycles. The highest BCUT2D eigenvalue weighted by atomic mass is 16.5. The van der Waals surface area contributed by atoms with Crippen LogP contribution >= 0.6 is 0 Å². The number of urea groups is 1. The second-order valence-electron chi connectivity index (χ2n) is 6.41. The molecule has 2 amide bonds. The predicted octanol–water partition coefficient (Wildman–Crippen LogP) is 1.76. The molecule has 2 rings (SSSR count). The Morgan fingerprint density at radius 2 is 1.94 bits per heavy atom. The van der Waals surface area contributed by atoms with Crippen LogP contribution in [0.5, 0.6) is 0 Å². The number of ether oxygens (including phenoxy) is 1. The largest absolute Gasteiger partial charge is 0.379 e. The molecule has 0 spiro atoms. The minimum Gasteiger partial charge on any atom is -0.379 e. The molecular weight excluding hydrogens is 216 g/mol. The van der Waals surface area contributed by atoms with Crippen LogP contribution in [0.1, 0.15) is 34.1 Å². The molecule has 0 bridgehead atoms. The average Bonchev–Trinajstić information content (AvgIpc) is 2.61. The van der Waals surface area contributed by atoms with Crippen LogP contribution in [0.3, 0.4) is 0 Å². The molecule has 1 aliphatic heterocycles. The highest BCUT2D eigenvalue weighted by molar-refractivity contribution is 5.74. The van der Waals surface area contributed by atoms with Gasteiger partial charge in [0.25, 0.3) is 0 Å². The summed E-state index contributed by atoms with van der Waals surface area (Å²) in [5, 5.41) is 5.92. The van der Waals surface area contributed by atoms with Crippen LogP contribution in [0.15, 0.2) is 0 Å². The zero-order valence-corrected chi connectivity index (χ0v) is 11.3. The lowest BCUT2D eigenvalue weighted by Crippen LogP contribution is -2.43. The van der Waals surface area contributed by atoms with Crippen LogP contribution in [-0.2, 0) is 4.74 Å². The summed E-state index contributed by atoms with van der Waals surface area (Å²) in [6, 6.07) is 0.134. The Morgan fingerprint density at radius 3 is 2.41 bits per heavy atom. The second kappa shape index (κ2) is 4.16. The summed E-state index contributed by atoms with van der Waals surface area (Å²) in [5.74, 6) is 0.570. The Hall–Kier alpha value is -0.770. The topological polar surface area (TPSA) is 50.4 Å². The molecule has 2 fully saturated rings. The third-order valence-electron chi connectivity index (χ3n) is 5.05. The lowest BCUT2D eigenvalue weighted by atomic mass is 10.0. The molecule has 4 nitrogen and oxygen atoms in total. The van der Waals surface area contributed by atoms with Gasteiger partial charge in [0.05, 0.1) is 12.6 Å². The van der Waals surface area contributed by atoms with Gasteiger partial charge < -0.3 is 15.4 Å². The maximum absolute atomic E-state index is 11.7. The summed E-state index contributed by atoms with van der Waals surface area (Å²) in [5.41, 5.74) is 0.660. The standard InChI is InChI=1S/C13H24N2O2/c1-12(2)10(13(12,3)4)7-14-11(16)15-9-5-6-17-8-9/h9-10H,5-8H2,1-4H3,(H2,14,15,16). The number of rotatable bonds is 3. The molecule has 1 unspecified atom stereocenters. The van der Waals surface area contributed by atoms with Gasteiger partial charge in [-0.05, 0) is 23.2 Å². The van der Waals surface area contributed by atoms with Crippen molar-refractivity contribution in [2.45, 2.75) is 40.2 Å². The zero-order valence-electron chi connectivity index (χ0n) is 11.3. The van der Waals surface area contributed by atoms with Crippen LogP contribution in [0.2, 0.25) is 0 Å². The van der Waals surface area contributed by atoms with Gasteiger partial charge in [0.2, 0.25) is 0 Å². The van der Waals surface area contributed by atoms with E-state index in [0.29, 0.717) is 23.4 Å². The summed E-state index contributed by atoms with van der Waals surface area (Å²) in [7, 11) is 0. The Morgan fingerprint density at radius 1 is 1.29 bits per heavy atom. The maximum Gasteiger partial charge on any atom is 0.315 e. The molecule has 0 aromatic heterocycles. The highest BCUT2D eigenvalue weighted by Crippen LogP contribution is 2.67. The van der Waals surface area contributed by atoms with Gasteiger partial charge in [-0.25, -0.2) is 4.79 Å². The predicted molar refractivity (Wildman–Crippen MR) is 66.8 cm³/mol. The van der Waals surface area contributed by atoms with Crippen molar-refractivity contribution in [3.05, 3.63) is 0 Å². The van der Waals surface area contributed by atoms with Crippen LogP contribution in [0, 0.1) is 16.7 Å². The summed E-state index contributed by atoms with van der Waals surface area (Å²) >= 11 is 0. The Labute approximate surface area is 103 Å². The lowest BCUT2D eigenvalue weighted by Gasteiger charge is -2.12. The van der Waals surface area contributed by atoms with E-state index in [4.69, 9.17) is 4.74 Å². The smallest absolute Gasteiger partial charge is 0.315 e. The Kier molecular flexibility index (Phi) is 3.10. The quantitative estimate of drug-likeness (QED) is 0.789. The van der Waals surface area contributed by atoms with E-state index in [1.165, 1.54) is 0 Å². The molecule has 0 radical (unpaired) electrons. The molecular formula is C13H24N2O2. The molecule has 1 atom stereocenters. The van der Waals surface area contributed by atoms with E-state index in [-0.39, 0.29) is 12.1 Å². The summed E-state index contributed by atoms with van der Waals surface area (Å²) < 4.78 is 5.22. The van der Waals surface area contributed by atoms with Gasteiger partial charge in [-0.1, -0.05) is 27.7 Å². The third-order valence-corrected chi connectivity index (χ3v) is 5.05. The van der Waals surface area contributed by atoms with Crippen molar-refractivity contribution in [2.75, 3.05) is 19.8 Å². The summed E-state index contributed by atoms with van der Waals surface area (Å²) in [4.78, 5) is 11.7. The van der Waals surface area contributed by atoms with E-state index in [9.17, 15) is 4.79 Å². The first-order chi connectivity index (χ1) is 7.85. The number of hydrogen-bond donors (Lipinski definition) is 2. The molecule has 2 aliphatic rings. The molecule has 2 N–H and O–H groups in total. The van der Waals surface area contributed by atoms with Crippen molar-refractivity contribution >= 4 is 6.03 Å². The number of nitrogens with one attached hydrogen (secondary N) is 2. The van der Waals surface area contributed by atoms with Gasteiger partial charge in [0.1, 0.15) is 0 Å². The van der Waals surface area contributed by atoms with E-state index in [1.807, 2.05) is 0 Å². The van der Waals surface area contributed by atoms with Crippen molar-refractivity contribution in [1.29, 1.82) is 0 Å². The molecule has 98 valence electrons. The normalized spacial score (nSPS) is 30.0. The minimum atomic E-state index is -0.0565. The third kappa shape index (κ3) is 2.28. The molecule has 4 heteroatoms. The van der Waals surface area contributed by atoms with E-state index >= 15 is 0 Å². The van der Waals surface area contributed by atoms with Crippen LogP contribution in [0.4, 0.5) is 4.79 Å². The molecule has 0 aromatic rings. The van der Waals surface area contributed by atoms with Gasteiger partial charge in [-0.3, -0.25) is 0 Å². The summed E-state index contributed by atoms with van der Waals surface area (Å²) in [6.45, 7) is 11.2. The fourth-order valence-electron chi connectivity index (χ4n) is 2.92. The monoisotopic (exact) mass is 240 g/mol. The van der Waals surface area contributed by atoms with Gasteiger partial charge in [0, 0.05) is 13.2 Å². The zero-order chi connectivity index (χ0) is 12.7. The molecule has 1 heterocycles. The minimum absolute atomic E-state index is 0.0565. The molecule has 17 heavy (non-hydrogen) atoms. The fraction of sp³-hybridized carbons (Fsp3) is 0.923. The van der Waals surface area contributed by atoms with Crippen molar-refractivity contribution in [2.24, 2.45) is 16.7 Å². The summed E-state index contributed by atoms with van der Waals surface area (Å²) in [6.07, 6.45) is 0.924. The highest BCUT2D eigenvalue weighted by Gasteiger charge is 2.64. The number of hydrogen-bond acceptors (Lipinski definition) is 2. The van der Waals surface area contributed by atoms with Gasteiger partial charge in [-0.15, -0.1) is 0 Å². The maximum atomic E-state index is 11.7. The first-order valence-electron chi connectivity index (χ1n) is 6.48. The van der Waals surface area contributed by atoms with E-state index in [2.05, 4.69) is 38.3 Å². The van der Waals surface area contributed by atoms with E-state index in [1.54, 1.807) is 0 Å². The average molecular weight is 240 g/mol. The van der Waals surface area contributed by atoms with Crippen molar-refractivity contribution in [3.63, 3.8) is 0 Å². The molecule has 1 aliphatic carbocycles. The molecule has 0 aromatic carbocycles. The molecule has 1 saturated heterocycles. The van der Waals surface area contributed by atoms with E-state index < -0.39 is 0 Å². The SMILES string of the molecule is CC1(C)C(CNC(=O)NC2CCOC2)C1(C)C. The van der Waals surface area contributed by atoms with Gasteiger partial charge in [0.15, 0.2) is 0 Å². The second-order valence-corrected chi connectivity index (χ2v) is 6.41. The fourth-order valence-corrected chi connectivity index (χ4v) is 2.92. The lowest BCUT2D eigenvalue weighted by molar-refractivity contribution is 0.188. The number of carbonyl (C=O) groups is 1. The first kappa shape index (κ1) is 12.7. The van der Waals surface area contributed by atoms with Gasteiger partial charge >= 0.3 is 6.03 Å². The first-order valence-corrected chi connectivity index (χ1v) is 6.48. The van der Waals surface area contributed by atoms with Crippen LogP contribution in [0.25, 0.3) is 0 Å². The van der Waals surface area contributed by atoms with E-state index in [0.717, 1.165) is 19.6 Å². The number of carbonyl (C=O) groups excluding carboxylic acids is 1. The van der Waals surface area contributed by atoms with Gasteiger partial charge in [-0.2, -0.15) is 0 Å².